The first-order valence-electron chi connectivity index (χ1n) is 4.23. The van der Waals surface area contributed by atoms with E-state index in [9.17, 15) is 19.2 Å². The van der Waals surface area contributed by atoms with E-state index in [0.29, 0.717) is 0 Å². The van der Waals surface area contributed by atoms with Crippen molar-refractivity contribution in [2.75, 3.05) is 0 Å². The van der Waals surface area contributed by atoms with Crippen molar-refractivity contribution in [3.05, 3.63) is 0 Å². The fourth-order valence-electron chi connectivity index (χ4n) is 0.701. The summed E-state index contributed by atoms with van der Waals surface area (Å²) in [5, 5.41) is 0. The van der Waals surface area contributed by atoms with Crippen LogP contribution in [0.3, 0.4) is 0 Å². The van der Waals surface area contributed by atoms with Gasteiger partial charge in [-0.2, -0.15) is 0 Å². The van der Waals surface area contributed by atoms with Gasteiger partial charge < -0.3 is 0 Å². The van der Waals surface area contributed by atoms with E-state index in [1.54, 1.807) is 0 Å². The van der Waals surface area contributed by atoms with Gasteiger partial charge in [-0.05, 0) is 27.7 Å². The minimum absolute atomic E-state index is 0. The smallest absolute Gasteiger partial charge is 0.300 e. The third-order valence-electron chi connectivity index (χ3n) is 0.996. The Hall–Kier alpha value is 0.524. The minimum atomic E-state index is -0.0625. The molecule has 0 atom stereocenters. The quantitative estimate of drug-likeness (QED) is 0.440. The summed E-state index contributed by atoms with van der Waals surface area (Å²) < 4.78 is 0. The van der Waals surface area contributed by atoms with Gasteiger partial charge in [0.2, 0.25) is 0 Å². The second-order valence-electron chi connectivity index (χ2n) is 3.16. The van der Waals surface area contributed by atoms with Crippen molar-refractivity contribution in [3.63, 3.8) is 0 Å². The summed E-state index contributed by atoms with van der Waals surface area (Å²) in [7, 11) is 0. The molecule has 16 heavy (non-hydrogen) atoms. The summed E-state index contributed by atoms with van der Waals surface area (Å²) in [6, 6.07) is 0. The van der Waals surface area contributed by atoms with Crippen LogP contribution in [0.5, 0.6) is 0 Å². The van der Waals surface area contributed by atoms with Crippen LogP contribution in [0.4, 0.5) is 0 Å². The van der Waals surface area contributed by atoms with Crippen molar-refractivity contribution < 1.29 is 76.2 Å². The van der Waals surface area contributed by atoms with Crippen molar-refractivity contribution in [2.45, 2.75) is 40.5 Å². The van der Waals surface area contributed by atoms with Gasteiger partial charge in [0, 0.05) is 0 Å². The summed E-state index contributed by atoms with van der Waals surface area (Å²) in [5.41, 5.74) is 0. The molecule has 0 heterocycles. The summed E-state index contributed by atoms with van der Waals surface area (Å²) in [5.74, 6) is -0.250. The van der Waals surface area contributed by atoms with Crippen LogP contribution in [0.2, 0.25) is 0 Å². The Morgan fingerprint density at radius 3 is 0.750 bits per heavy atom. The first-order valence-corrected chi connectivity index (χ1v) is 4.23. The molecule has 0 amide bonds. The number of rotatable bonds is 4. The van der Waals surface area contributed by atoms with Crippen LogP contribution in [0, 0.1) is 39.9 Å². The summed E-state index contributed by atoms with van der Waals surface area (Å²) >= 11 is 0. The standard InChI is InChI=1S/2C5H8O2.Fe.Th/c2*1-4(6)3-5(2)7;;/h2*3H2,1-2H3;;/q;;+3;+4. The van der Waals surface area contributed by atoms with Gasteiger partial charge in [0.15, 0.2) is 0 Å². The zero-order valence-electron chi connectivity index (χ0n) is 9.90. The molecule has 0 fully saturated rings. The molecule has 0 aliphatic heterocycles. The van der Waals surface area contributed by atoms with Gasteiger partial charge >= 0.3 is 57.0 Å². The van der Waals surface area contributed by atoms with E-state index in [1.165, 1.54) is 27.7 Å². The molecule has 0 rings (SSSR count). The van der Waals surface area contributed by atoms with Crippen LogP contribution in [0.25, 0.3) is 0 Å². The maximum atomic E-state index is 10.0. The largest absolute Gasteiger partial charge is 4.00 e. The molecule has 0 unspecified atom stereocenters. The molecule has 0 aromatic heterocycles. The van der Waals surface area contributed by atoms with Crippen LogP contribution in [0.1, 0.15) is 40.5 Å². The normalized spacial score (nSPS) is 7.25. The van der Waals surface area contributed by atoms with E-state index >= 15 is 0 Å². The van der Waals surface area contributed by atoms with Gasteiger partial charge in [0.05, 0.1) is 12.8 Å². The summed E-state index contributed by atoms with van der Waals surface area (Å²) in [6.45, 7) is 5.62. The van der Waals surface area contributed by atoms with E-state index in [2.05, 4.69) is 0 Å². The zero-order valence-corrected chi connectivity index (χ0v) is 15.1. The van der Waals surface area contributed by atoms with Crippen LogP contribution >= 0.6 is 0 Å². The molecule has 1 radical (unpaired) electrons. The molecule has 0 saturated carbocycles. The molecule has 0 saturated heterocycles. The van der Waals surface area contributed by atoms with E-state index in [0.717, 1.165) is 0 Å². The maximum absolute atomic E-state index is 10.0. The third-order valence-corrected chi connectivity index (χ3v) is 0.996. The fourth-order valence-corrected chi connectivity index (χ4v) is 0.701. The average molecular weight is 488 g/mol. The summed E-state index contributed by atoms with van der Waals surface area (Å²) in [6.07, 6.45) is 0.167. The minimum Gasteiger partial charge on any atom is -0.300 e. The molecule has 0 spiro atoms. The molecular weight excluding hydrogens is 472 g/mol. The molecular formula is C10H16FeO4Th+7. The first-order chi connectivity index (χ1) is 6.25. The van der Waals surface area contributed by atoms with Gasteiger partial charge in [0.25, 0.3) is 0 Å². The molecule has 0 aliphatic carbocycles. The Kier molecular flexibility index (Phi) is 24.6. The molecule has 0 N–H and O–H groups in total. The van der Waals surface area contributed by atoms with E-state index in [-0.39, 0.29) is 93.0 Å². The zero-order chi connectivity index (χ0) is 11.7. The Bertz CT molecular complexity index is 201. The van der Waals surface area contributed by atoms with Crippen LogP contribution in [-0.4, -0.2) is 23.1 Å². The average Bonchev–Trinajstić information content (AvgIpc) is 1.79. The van der Waals surface area contributed by atoms with Gasteiger partial charge in [-0.3, -0.25) is 19.2 Å². The van der Waals surface area contributed by atoms with Crippen molar-refractivity contribution in [1.29, 1.82) is 0 Å². The monoisotopic (exact) mass is 488 g/mol. The second kappa shape index (κ2) is 15.5. The number of hydrogen-bond donors (Lipinski definition) is 0. The summed E-state index contributed by atoms with van der Waals surface area (Å²) in [4.78, 5) is 40.1. The number of carbonyl (C=O) groups is 4. The number of Topliss-reactive ketones (excluding diaryl/α,β-unsaturated/α-hetero) is 4. The Balaban J connectivity index is -0.0000000800. The topological polar surface area (TPSA) is 68.3 Å². The number of hydrogen-bond acceptors (Lipinski definition) is 4. The van der Waals surface area contributed by atoms with Crippen molar-refractivity contribution in [3.8, 4) is 0 Å². The van der Waals surface area contributed by atoms with Gasteiger partial charge in [-0.25, -0.2) is 0 Å². The number of carbonyl (C=O) groups excluding carboxylic acids is 4. The van der Waals surface area contributed by atoms with Crippen LogP contribution < -0.4 is 0 Å². The Labute approximate surface area is 138 Å². The molecule has 0 aromatic rings. The molecule has 85 valence electrons. The SMILES string of the molecule is CC(=O)CC(C)=O.CC(=O)CC(C)=O.[Fe+3].[Th+4]. The fraction of sp³-hybridized carbons (Fsp3) is 0.600. The molecule has 0 aliphatic rings. The molecule has 4 nitrogen and oxygen atoms in total. The van der Waals surface area contributed by atoms with E-state index in [1.807, 2.05) is 0 Å². The van der Waals surface area contributed by atoms with Crippen LogP contribution in [-0.2, 0) is 36.2 Å². The van der Waals surface area contributed by atoms with E-state index in [4.69, 9.17) is 0 Å². The predicted octanol–water partition coefficient (Wildman–Crippen LogP) is 1.11. The van der Waals surface area contributed by atoms with Crippen molar-refractivity contribution >= 4 is 23.1 Å². The van der Waals surface area contributed by atoms with Gasteiger partial charge in [-0.1, -0.05) is 0 Å². The third kappa shape index (κ3) is 36.6. The Morgan fingerprint density at radius 2 is 0.750 bits per heavy atom. The van der Waals surface area contributed by atoms with Crippen LogP contribution in [0.15, 0.2) is 0 Å². The molecule has 0 aromatic carbocycles. The Morgan fingerprint density at radius 1 is 0.625 bits per heavy atom. The van der Waals surface area contributed by atoms with Crippen molar-refractivity contribution in [2.24, 2.45) is 0 Å². The maximum Gasteiger partial charge on any atom is 4.00 e. The van der Waals surface area contributed by atoms with Gasteiger partial charge in [-0.15, -0.1) is 0 Å². The van der Waals surface area contributed by atoms with Crippen molar-refractivity contribution in [1.82, 2.24) is 0 Å². The number of ketones is 4. The van der Waals surface area contributed by atoms with Gasteiger partial charge in [0.1, 0.15) is 23.1 Å². The van der Waals surface area contributed by atoms with E-state index < -0.39 is 0 Å². The molecule has 6 heteroatoms. The first kappa shape index (κ1) is 25.4. The second-order valence-corrected chi connectivity index (χ2v) is 3.16. The predicted molar refractivity (Wildman–Crippen MR) is 52.0 cm³/mol. The molecule has 0 bridgehead atoms.